The standard InChI is InChI=1S/C12H24N2OS/c1-3-14(11-6-7-11)12(15)10-13-8-4-5-9-16-2/h11,13H,3-10H2,1-2H3. The Morgan fingerprint density at radius 3 is 2.75 bits per heavy atom. The number of nitrogens with zero attached hydrogens (tertiary/aromatic N) is 1. The van der Waals surface area contributed by atoms with Gasteiger partial charge < -0.3 is 10.2 Å². The number of carbonyl (C=O) groups excluding carboxylic acids is 1. The van der Waals surface area contributed by atoms with Crippen LogP contribution in [0.15, 0.2) is 0 Å². The molecule has 0 heterocycles. The second-order valence-electron chi connectivity index (χ2n) is 4.29. The maximum atomic E-state index is 11.8. The summed E-state index contributed by atoms with van der Waals surface area (Å²) in [5, 5.41) is 3.24. The van der Waals surface area contributed by atoms with Crippen molar-refractivity contribution in [1.29, 1.82) is 0 Å². The second kappa shape index (κ2) is 7.96. The van der Waals surface area contributed by atoms with Crippen molar-refractivity contribution >= 4 is 17.7 Å². The van der Waals surface area contributed by atoms with Crippen LogP contribution in [-0.4, -0.2) is 48.5 Å². The first-order chi connectivity index (χ1) is 7.79. The number of rotatable bonds is 9. The van der Waals surface area contributed by atoms with Crippen LogP contribution in [0.1, 0.15) is 32.6 Å². The SMILES string of the molecule is CCN(C(=O)CNCCCCSC)C1CC1. The molecule has 1 aliphatic rings. The van der Waals surface area contributed by atoms with Crippen LogP contribution in [0.25, 0.3) is 0 Å². The Hall–Kier alpha value is -0.220. The van der Waals surface area contributed by atoms with Gasteiger partial charge in [0.25, 0.3) is 0 Å². The maximum absolute atomic E-state index is 11.8. The van der Waals surface area contributed by atoms with E-state index in [1.165, 1.54) is 31.4 Å². The summed E-state index contributed by atoms with van der Waals surface area (Å²) in [6.07, 6.45) is 6.94. The molecule has 0 saturated heterocycles. The Balaban J connectivity index is 2.00. The van der Waals surface area contributed by atoms with Gasteiger partial charge in [0.05, 0.1) is 6.54 Å². The number of hydrogen-bond donors (Lipinski definition) is 1. The van der Waals surface area contributed by atoms with Gasteiger partial charge in [-0.05, 0) is 51.2 Å². The van der Waals surface area contributed by atoms with Crippen molar-refractivity contribution in [2.75, 3.05) is 31.6 Å². The summed E-state index contributed by atoms with van der Waals surface area (Å²) < 4.78 is 0. The molecule has 1 N–H and O–H groups in total. The van der Waals surface area contributed by atoms with Gasteiger partial charge in [-0.15, -0.1) is 0 Å². The van der Waals surface area contributed by atoms with Gasteiger partial charge >= 0.3 is 0 Å². The van der Waals surface area contributed by atoms with Gasteiger partial charge in [0.1, 0.15) is 0 Å². The number of thioether (sulfide) groups is 1. The first-order valence-corrected chi connectivity index (χ1v) is 7.68. The van der Waals surface area contributed by atoms with E-state index in [0.717, 1.165) is 13.1 Å². The highest BCUT2D eigenvalue weighted by Gasteiger charge is 2.30. The highest BCUT2D eigenvalue weighted by atomic mass is 32.2. The molecule has 0 spiro atoms. The third kappa shape index (κ3) is 5.21. The van der Waals surface area contributed by atoms with Crippen LogP contribution in [0.3, 0.4) is 0 Å². The van der Waals surface area contributed by atoms with E-state index < -0.39 is 0 Å². The molecule has 1 aliphatic carbocycles. The molecule has 0 bridgehead atoms. The number of nitrogens with one attached hydrogen (secondary N) is 1. The van der Waals surface area contributed by atoms with E-state index in [0.29, 0.717) is 12.6 Å². The van der Waals surface area contributed by atoms with E-state index in [-0.39, 0.29) is 5.91 Å². The summed E-state index contributed by atoms with van der Waals surface area (Å²) >= 11 is 1.88. The smallest absolute Gasteiger partial charge is 0.236 e. The maximum Gasteiger partial charge on any atom is 0.236 e. The lowest BCUT2D eigenvalue weighted by atomic mass is 10.3. The van der Waals surface area contributed by atoms with Crippen LogP contribution in [0.5, 0.6) is 0 Å². The summed E-state index contributed by atoms with van der Waals surface area (Å²) in [5.41, 5.74) is 0. The Morgan fingerprint density at radius 2 is 2.19 bits per heavy atom. The van der Waals surface area contributed by atoms with Gasteiger partial charge in [-0.2, -0.15) is 11.8 Å². The summed E-state index contributed by atoms with van der Waals surface area (Å²) in [5.74, 6) is 1.49. The third-order valence-corrected chi connectivity index (χ3v) is 3.57. The highest BCUT2D eigenvalue weighted by molar-refractivity contribution is 7.98. The topological polar surface area (TPSA) is 32.3 Å². The van der Waals surface area contributed by atoms with Crippen molar-refractivity contribution in [3.63, 3.8) is 0 Å². The van der Waals surface area contributed by atoms with E-state index in [4.69, 9.17) is 0 Å². The van der Waals surface area contributed by atoms with Gasteiger partial charge in [-0.1, -0.05) is 0 Å². The molecule has 0 atom stereocenters. The first kappa shape index (κ1) is 13.8. The fraction of sp³-hybridized carbons (Fsp3) is 0.917. The van der Waals surface area contributed by atoms with Crippen LogP contribution < -0.4 is 5.32 Å². The molecule has 16 heavy (non-hydrogen) atoms. The zero-order valence-corrected chi connectivity index (χ0v) is 11.3. The van der Waals surface area contributed by atoms with Crippen molar-refractivity contribution in [1.82, 2.24) is 10.2 Å². The summed E-state index contributed by atoms with van der Waals surface area (Å²) in [4.78, 5) is 13.8. The van der Waals surface area contributed by atoms with E-state index >= 15 is 0 Å². The van der Waals surface area contributed by atoms with E-state index in [1.54, 1.807) is 0 Å². The molecule has 0 unspecified atom stereocenters. The molecule has 94 valence electrons. The molecule has 0 aromatic rings. The van der Waals surface area contributed by atoms with Gasteiger partial charge in [-0.25, -0.2) is 0 Å². The third-order valence-electron chi connectivity index (χ3n) is 2.88. The zero-order chi connectivity index (χ0) is 11.8. The first-order valence-electron chi connectivity index (χ1n) is 6.28. The quantitative estimate of drug-likeness (QED) is 0.627. The largest absolute Gasteiger partial charge is 0.339 e. The van der Waals surface area contributed by atoms with Crippen molar-refractivity contribution < 1.29 is 4.79 Å². The predicted molar refractivity (Wildman–Crippen MR) is 70.9 cm³/mol. The monoisotopic (exact) mass is 244 g/mol. The average Bonchev–Trinajstić information content (AvgIpc) is 3.08. The van der Waals surface area contributed by atoms with Crippen LogP contribution in [0, 0.1) is 0 Å². The minimum absolute atomic E-state index is 0.273. The molecule has 1 rings (SSSR count). The molecule has 1 saturated carbocycles. The van der Waals surface area contributed by atoms with Gasteiger partial charge in [0, 0.05) is 12.6 Å². The summed E-state index contributed by atoms with van der Waals surface area (Å²) in [6.45, 7) is 4.41. The Morgan fingerprint density at radius 1 is 1.44 bits per heavy atom. The second-order valence-corrected chi connectivity index (χ2v) is 5.27. The molecule has 3 nitrogen and oxygen atoms in total. The van der Waals surface area contributed by atoms with Gasteiger partial charge in [0.2, 0.25) is 5.91 Å². The molecule has 0 aromatic carbocycles. The predicted octanol–water partition coefficient (Wildman–Crippen LogP) is 1.73. The Kier molecular flexibility index (Phi) is 6.88. The lowest BCUT2D eigenvalue weighted by Crippen LogP contribution is -2.39. The average molecular weight is 244 g/mol. The normalized spacial score (nSPS) is 15.1. The van der Waals surface area contributed by atoms with Crippen LogP contribution in [0.2, 0.25) is 0 Å². The molecular weight excluding hydrogens is 220 g/mol. The van der Waals surface area contributed by atoms with E-state index in [1.807, 2.05) is 16.7 Å². The van der Waals surface area contributed by atoms with Crippen LogP contribution in [-0.2, 0) is 4.79 Å². The molecular formula is C12H24N2OS. The molecule has 0 aromatic heterocycles. The van der Waals surface area contributed by atoms with Crippen LogP contribution >= 0.6 is 11.8 Å². The van der Waals surface area contributed by atoms with Crippen LogP contribution in [0.4, 0.5) is 0 Å². The zero-order valence-electron chi connectivity index (χ0n) is 10.5. The number of amides is 1. The van der Waals surface area contributed by atoms with E-state index in [2.05, 4.69) is 18.5 Å². The van der Waals surface area contributed by atoms with E-state index in [9.17, 15) is 4.79 Å². The fourth-order valence-electron chi connectivity index (χ4n) is 1.82. The van der Waals surface area contributed by atoms with Crippen molar-refractivity contribution in [3.05, 3.63) is 0 Å². The Labute approximate surface area is 103 Å². The lowest BCUT2D eigenvalue weighted by Gasteiger charge is -2.20. The Bertz CT molecular complexity index is 207. The van der Waals surface area contributed by atoms with Crippen molar-refractivity contribution in [2.45, 2.75) is 38.6 Å². The minimum Gasteiger partial charge on any atom is -0.339 e. The molecule has 0 aliphatic heterocycles. The molecule has 1 amide bonds. The summed E-state index contributed by atoms with van der Waals surface area (Å²) in [7, 11) is 0. The van der Waals surface area contributed by atoms with Crippen molar-refractivity contribution in [3.8, 4) is 0 Å². The van der Waals surface area contributed by atoms with Crippen molar-refractivity contribution in [2.24, 2.45) is 0 Å². The van der Waals surface area contributed by atoms with Gasteiger partial charge in [0.15, 0.2) is 0 Å². The molecule has 0 radical (unpaired) electrons. The lowest BCUT2D eigenvalue weighted by molar-refractivity contribution is -0.130. The number of carbonyl (C=O) groups is 1. The molecule has 4 heteroatoms. The number of likely N-dealkylation sites (N-methyl/N-ethyl adjacent to an activating group) is 1. The highest BCUT2D eigenvalue weighted by Crippen LogP contribution is 2.26. The number of unbranched alkanes of at least 4 members (excludes halogenated alkanes) is 1. The fourth-order valence-corrected chi connectivity index (χ4v) is 2.31. The summed E-state index contributed by atoms with van der Waals surface area (Å²) in [6, 6.07) is 0.552. The van der Waals surface area contributed by atoms with Gasteiger partial charge in [-0.3, -0.25) is 4.79 Å². The number of hydrogen-bond acceptors (Lipinski definition) is 3. The molecule has 1 fully saturated rings. The minimum atomic E-state index is 0.273.